The number of likely N-dealkylation sites (tertiary alicyclic amines) is 1. The summed E-state index contributed by atoms with van der Waals surface area (Å²) in [5.74, 6) is -0.898. The number of hydrogen-bond donors (Lipinski definition) is 1. The third-order valence-electron chi connectivity index (χ3n) is 5.20. The van der Waals surface area contributed by atoms with E-state index in [0.717, 1.165) is 36.3 Å². The zero-order valence-electron chi connectivity index (χ0n) is 15.1. The molecule has 2 heterocycles. The Kier molecular flexibility index (Phi) is 4.99. The van der Waals surface area contributed by atoms with E-state index in [-0.39, 0.29) is 0 Å². The number of carboxylic acids is 1. The minimum atomic E-state index is -0.898. The maximum absolute atomic E-state index is 11.5. The van der Waals surface area contributed by atoms with E-state index in [1.54, 1.807) is 12.1 Å². The van der Waals surface area contributed by atoms with Gasteiger partial charge in [-0.3, -0.25) is 9.88 Å². The highest BCUT2D eigenvalue weighted by Crippen LogP contribution is 2.32. The molecule has 1 atom stereocenters. The summed E-state index contributed by atoms with van der Waals surface area (Å²) in [6.45, 7) is 1.95. The second-order valence-corrected chi connectivity index (χ2v) is 6.93. The first kappa shape index (κ1) is 17.4. The number of rotatable bonds is 5. The molecule has 1 N–H and O–H groups in total. The van der Waals surface area contributed by atoms with Gasteiger partial charge < -0.3 is 5.11 Å². The van der Waals surface area contributed by atoms with Crippen molar-refractivity contribution in [1.29, 1.82) is 0 Å². The number of nitrogens with zero attached hydrogens (tertiary/aromatic N) is 2. The molecular weight excluding hydrogens is 336 g/mol. The standard InChI is InChI=1S/C23H22N2O2/c26-23(27)20-7-2-1-6-19(20)18-12-10-17(11-13-18)16-25-15-5-9-22(25)21-8-3-4-14-24-21/h1-4,6-8,10-14,22H,5,9,15-16H2,(H,26,27). The third-order valence-corrected chi connectivity index (χ3v) is 5.20. The first-order chi connectivity index (χ1) is 13.2. The van der Waals surface area contributed by atoms with Crippen LogP contribution in [0.1, 0.15) is 40.5 Å². The summed E-state index contributed by atoms with van der Waals surface area (Å²) in [6.07, 6.45) is 4.19. The van der Waals surface area contributed by atoms with Gasteiger partial charge in [0.1, 0.15) is 0 Å². The molecule has 0 spiro atoms. The smallest absolute Gasteiger partial charge is 0.336 e. The summed E-state index contributed by atoms with van der Waals surface area (Å²) in [5.41, 5.74) is 4.39. The molecule has 0 saturated carbocycles. The monoisotopic (exact) mass is 358 g/mol. The topological polar surface area (TPSA) is 53.4 Å². The van der Waals surface area contributed by atoms with Crippen LogP contribution in [0.4, 0.5) is 0 Å². The van der Waals surface area contributed by atoms with Gasteiger partial charge in [-0.1, -0.05) is 48.5 Å². The first-order valence-electron chi connectivity index (χ1n) is 9.29. The Morgan fingerprint density at radius 1 is 1.04 bits per heavy atom. The number of pyridine rings is 1. The lowest BCUT2D eigenvalue weighted by molar-refractivity contribution is 0.0697. The van der Waals surface area contributed by atoms with Crippen LogP contribution >= 0.6 is 0 Å². The number of carbonyl (C=O) groups is 1. The van der Waals surface area contributed by atoms with Gasteiger partial charge in [-0.2, -0.15) is 0 Å². The Bertz CT molecular complexity index is 923. The van der Waals surface area contributed by atoms with Crippen molar-refractivity contribution >= 4 is 5.97 Å². The minimum absolute atomic E-state index is 0.333. The summed E-state index contributed by atoms with van der Waals surface area (Å²) in [6, 6.07) is 21.8. The lowest BCUT2D eigenvalue weighted by Crippen LogP contribution is -2.23. The molecule has 0 aliphatic carbocycles. The van der Waals surface area contributed by atoms with E-state index in [4.69, 9.17) is 0 Å². The number of benzene rings is 2. The van der Waals surface area contributed by atoms with Gasteiger partial charge in [-0.05, 0) is 54.3 Å². The highest BCUT2D eigenvalue weighted by atomic mass is 16.4. The van der Waals surface area contributed by atoms with Crippen LogP contribution in [0.15, 0.2) is 72.9 Å². The molecule has 136 valence electrons. The van der Waals surface area contributed by atoms with Crippen molar-refractivity contribution in [3.8, 4) is 11.1 Å². The van der Waals surface area contributed by atoms with Gasteiger partial charge in [-0.25, -0.2) is 4.79 Å². The Labute approximate surface area is 159 Å². The average Bonchev–Trinajstić information content (AvgIpc) is 3.17. The highest BCUT2D eigenvalue weighted by Gasteiger charge is 2.26. The van der Waals surface area contributed by atoms with Crippen molar-refractivity contribution in [2.24, 2.45) is 0 Å². The van der Waals surface area contributed by atoms with Gasteiger partial charge in [-0.15, -0.1) is 0 Å². The summed E-state index contributed by atoms with van der Waals surface area (Å²) in [4.78, 5) is 18.5. The first-order valence-corrected chi connectivity index (χ1v) is 9.29. The molecule has 3 aromatic rings. The average molecular weight is 358 g/mol. The maximum atomic E-state index is 11.5. The van der Waals surface area contributed by atoms with E-state index >= 15 is 0 Å². The molecule has 0 amide bonds. The maximum Gasteiger partial charge on any atom is 0.336 e. The fourth-order valence-corrected chi connectivity index (χ4v) is 3.87. The van der Waals surface area contributed by atoms with Gasteiger partial charge in [0.25, 0.3) is 0 Å². The zero-order chi connectivity index (χ0) is 18.6. The summed E-state index contributed by atoms with van der Waals surface area (Å²) in [7, 11) is 0. The molecule has 1 aliphatic rings. The number of hydrogen-bond acceptors (Lipinski definition) is 3. The predicted molar refractivity (Wildman–Crippen MR) is 105 cm³/mol. The normalized spacial score (nSPS) is 17.1. The number of aromatic nitrogens is 1. The van der Waals surface area contributed by atoms with Crippen LogP contribution in [0.2, 0.25) is 0 Å². The van der Waals surface area contributed by atoms with Crippen LogP contribution in [-0.2, 0) is 6.54 Å². The van der Waals surface area contributed by atoms with Crippen LogP contribution < -0.4 is 0 Å². The summed E-state index contributed by atoms with van der Waals surface area (Å²) < 4.78 is 0. The molecule has 1 saturated heterocycles. The van der Waals surface area contributed by atoms with Gasteiger partial charge in [0.15, 0.2) is 0 Å². The molecular formula is C23H22N2O2. The lowest BCUT2D eigenvalue weighted by atomic mass is 9.98. The molecule has 27 heavy (non-hydrogen) atoms. The molecule has 1 unspecified atom stereocenters. The van der Waals surface area contributed by atoms with Crippen LogP contribution in [0, 0.1) is 0 Å². The van der Waals surface area contributed by atoms with E-state index in [1.165, 1.54) is 12.0 Å². The van der Waals surface area contributed by atoms with Crippen molar-refractivity contribution in [3.63, 3.8) is 0 Å². The SMILES string of the molecule is O=C(O)c1ccccc1-c1ccc(CN2CCCC2c2ccccn2)cc1. The largest absolute Gasteiger partial charge is 0.478 e. The van der Waals surface area contributed by atoms with Gasteiger partial charge in [0.2, 0.25) is 0 Å². The van der Waals surface area contributed by atoms with Crippen molar-refractivity contribution in [2.75, 3.05) is 6.54 Å². The van der Waals surface area contributed by atoms with Crippen molar-refractivity contribution in [3.05, 3.63) is 89.7 Å². The summed E-state index contributed by atoms with van der Waals surface area (Å²) >= 11 is 0. The van der Waals surface area contributed by atoms with Gasteiger partial charge >= 0.3 is 5.97 Å². The molecule has 1 fully saturated rings. The lowest BCUT2D eigenvalue weighted by Gasteiger charge is -2.24. The zero-order valence-corrected chi connectivity index (χ0v) is 15.1. The number of carboxylic acid groups (broad SMARTS) is 1. The molecule has 0 radical (unpaired) electrons. The van der Waals surface area contributed by atoms with Crippen LogP contribution in [0.5, 0.6) is 0 Å². The van der Waals surface area contributed by atoms with Crippen molar-refractivity contribution in [2.45, 2.75) is 25.4 Å². The van der Waals surface area contributed by atoms with E-state index < -0.39 is 5.97 Å². The second kappa shape index (κ2) is 7.72. The van der Waals surface area contributed by atoms with Crippen LogP contribution in [-0.4, -0.2) is 27.5 Å². The Balaban J connectivity index is 1.53. The molecule has 1 aliphatic heterocycles. The van der Waals surface area contributed by atoms with E-state index in [1.807, 2.05) is 42.6 Å². The minimum Gasteiger partial charge on any atom is -0.478 e. The molecule has 1 aromatic heterocycles. The Morgan fingerprint density at radius 2 is 1.81 bits per heavy atom. The Hall–Kier alpha value is -2.98. The highest BCUT2D eigenvalue weighted by molar-refractivity contribution is 5.95. The third kappa shape index (κ3) is 3.76. The predicted octanol–water partition coefficient (Wildman–Crippen LogP) is 4.78. The summed E-state index contributed by atoms with van der Waals surface area (Å²) in [5, 5.41) is 9.40. The molecule has 0 bridgehead atoms. The second-order valence-electron chi connectivity index (χ2n) is 6.93. The van der Waals surface area contributed by atoms with Crippen molar-refractivity contribution in [1.82, 2.24) is 9.88 Å². The van der Waals surface area contributed by atoms with E-state index in [2.05, 4.69) is 28.1 Å². The van der Waals surface area contributed by atoms with E-state index in [9.17, 15) is 9.90 Å². The van der Waals surface area contributed by atoms with Crippen LogP contribution in [0.25, 0.3) is 11.1 Å². The molecule has 2 aromatic carbocycles. The van der Waals surface area contributed by atoms with Gasteiger partial charge in [0, 0.05) is 12.7 Å². The quantitative estimate of drug-likeness (QED) is 0.713. The fraction of sp³-hybridized carbons (Fsp3) is 0.217. The number of aromatic carboxylic acids is 1. The fourth-order valence-electron chi connectivity index (χ4n) is 3.87. The van der Waals surface area contributed by atoms with E-state index in [0.29, 0.717) is 11.6 Å². The van der Waals surface area contributed by atoms with Crippen molar-refractivity contribution < 1.29 is 9.90 Å². The molecule has 4 nitrogen and oxygen atoms in total. The molecule has 4 heteroatoms. The van der Waals surface area contributed by atoms with Crippen LogP contribution in [0.3, 0.4) is 0 Å². The van der Waals surface area contributed by atoms with Gasteiger partial charge in [0.05, 0.1) is 17.3 Å². The molecule has 4 rings (SSSR count). The Morgan fingerprint density at radius 3 is 2.56 bits per heavy atom.